The maximum Gasteiger partial charge on any atom is 0.408 e. The number of benzene rings is 3. The number of hydrogen-bond donors (Lipinski definition) is 2. The van der Waals surface area contributed by atoms with E-state index in [9.17, 15) is 14.4 Å². The molecule has 42 heavy (non-hydrogen) atoms. The van der Waals surface area contributed by atoms with Crippen molar-refractivity contribution >= 4 is 26.1 Å². The minimum atomic E-state index is -1.87. The Hall–Kier alpha value is -4.11. The van der Waals surface area contributed by atoms with Gasteiger partial charge in [0.25, 0.3) is 0 Å². The number of ether oxygens (including phenoxy) is 3. The predicted molar refractivity (Wildman–Crippen MR) is 163 cm³/mol. The molecular formula is C33H39NO7Si. The van der Waals surface area contributed by atoms with Crippen molar-refractivity contribution in [3.63, 3.8) is 0 Å². The molecule has 0 spiro atoms. The molecule has 2 unspecified atom stereocenters. The van der Waals surface area contributed by atoms with Crippen LogP contribution in [0.5, 0.6) is 5.75 Å². The first-order chi connectivity index (χ1) is 20.0. The first kappa shape index (κ1) is 30.8. The van der Waals surface area contributed by atoms with Crippen LogP contribution in [0.1, 0.15) is 48.6 Å². The second kappa shape index (κ2) is 13.2. The summed E-state index contributed by atoms with van der Waals surface area (Å²) in [7, 11) is -1.87. The number of carboxylic acids is 1. The molecule has 0 heterocycles. The Labute approximate surface area is 248 Å². The molecule has 1 amide bonds. The van der Waals surface area contributed by atoms with Crippen molar-refractivity contribution in [2.45, 2.75) is 57.6 Å². The van der Waals surface area contributed by atoms with Crippen molar-refractivity contribution in [2.75, 3.05) is 13.2 Å². The predicted octanol–water partition coefficient (Wildman–Crippen LogP) is 6.57. The zero-order valence-corrected chi connectivity index (χ0v) is 25.8. The molecule has 0 radical (unpaired) electrons. The van der Waals surface area contributed by atoms with E-state index in [4.69, 9.17) is 19.3 Å². The Morgan fingerprint density at radius 3 is 2.00 bits per heavy atom. The van der Waals surface area contributed by atoms with E-state index in [2.05, 4.69) is 25.0 Å². The average Bonchev–Trinajstić information content (AvgIpc) is 3.27. The molecule has 1 aliphatic rings. The smallest absolute Gasteiger partial charge is 0.408 e. The van der Waals surface area contributed by atoms with Crippen LogP contribution in [0.3, 0.4) is 0 Å². The maximum atomic E-state index is 13.4. The van der Waals surface area contributed by atoms with Crippen LogP contribution in [-0.4, -0.2) is 50.5 Å². The van der Waals surface area contributed by atoms with Crippen LogP contribution in [0.15, 0.2) is 72.8 Å². The molecule has 222 valence electrons. The van der Waals surface area contributed by atoms with Gasteiger partial charge in [-0.05, 0) is 34.7 Å². The lowest BCUT2D eigenvalue weighted by atomic mass is 9.99. The first-order valence-corrected chi connectivity index (χ1v) is 17.8. The largest absolute Gasteiger partial charge is 0.482 e. The van der Waals surface area contributed by atoms with Gasteiger partial charge in [0.05, 0.1) is 14.7 Å². The molecular weight excluding hydrogens is 550 g/mol. The van der Waals surface area contributed by atoms with E-state index in [0.29, 0.717) is 12.2 Å². The van der Waals surface area contributed by atoms with Gasteiger partial charge >= 0.3 is 18.0 Å². The monoisotopic (exact) mass is 589 g/mol. The molecule has 9 heteroatoms. The molecule has 4 rings (SSSR count). The fourth-order valence-corrected chi connectivity index (χ4v) is 6.99. The van der Waals surface area contributed by atoms with E-state index in [1.54, 1.807) is 12.1 Å². The molecule has 3 aromatic carbocycles. The highest BCUT2D eigenvalue weighted by atomic mass is 28.3. The Morgan fingerprint density at radius 2 is 1.48 bits per heavy atom. The van der Waals surface area contributed by atoms with E-state index in [1.807, 2.05) is 74.5 Å². The third kappa shape index (κ3) is 7.20. The van der Waals surface area contributed by atoms with Crippen LogP contribution in [0.25, 0.3) is 11.1 Å². The zero-order valence-electron chi connectivity index (χ0n) is 24.8. The van der Waals surface area contributed by atoms with Gasteiger partial charge in [-0.25, -0.2) is 14.4 Å². The minimum absolute atomic E-state index is 0.0222. The van der Waals surface area contributed by atoms with Gasteiger partial charge in [-0.1, -0.05) is 101 Å². The number of fused-ring (bicyclic) bond motifs is 3. The highest BCUT2D eigenvalue weighted by Gasteiger charge is 2.35. The third-order valence-corrected chi connectivity index (χ3v) is 10.4. The zero-order chi connectivity index (χ0) is 30.4. The highest BCUT2D eigenvalue weighted by molar-refractivity contribution is 6.77. The number of nitrogens with one attached hydrogen (secondary N) is 1. The number of aliphatic carboxylic acids is 1. The summed E-state index contributed by atoms with van der Waals surface area (Å²) < 4.78 is 17.1. The quantitative estimate of drug-likeness (QED) is 0.182. The van der Waals surface area contributed by atoms with Crippen LogP contribution in [0.2, 0.25) is 19.6 Å². The van der Waals surface area contributed by atoms with Crippen molar-refractivity contribution in [3.05, 3.63) is 89.5 Å². The summed E-state index contributed by atoms with van der Waals surface area (Å²) in [6, 6.07) is 22.0. The molecule has 1 aliphatic carbocycles. The van der Waals surface area contributed by atoms with Crippen LogP contribution in [-0.2, 0) is 19.1 Å². The van der Waals surface area contributed by atoms with Crippen molar-refractivity contribution in [3.8, 4) is 16.9 Å². The summed E-state index contributed by atoms with van der Waals surface area (Å²) in [5.74, 6) is -1.26. The topological polar surface area (TPSA) is 111 Å². The van der Waals surface area contributed by atoms with E-state index in [-0.39, 0.29) is 18.1 Å². The molecule has 3 aromatic rings. The van der Waals surface area contributed by atoms with Crippen LogP contribution < -0.4 is 10.1 Å². The molecule has 2 N–H and O–H groups in total. The van der Waals surface area contributed by atoms with Gasteiger partial charge in [0.1, 0.15) is 11.8 Å². The minimum Gasteiger partial charge on any atom is -0.482 e. The number of carbonyl (C=O) groups excluding carboxylic acids is 2. The van der Waals surface area contributed by atoms with E-state index >= 15 is 0 Å². The summed E-state index contributed by atoms with van der Waals surface area (Å²) in [6.07, 6.45) is -0.582. The molecule has 3 atom stereocenters. The van der Waals surface area contributed by atoms with E-state index in [1.165, 1.54) is 0 Å². The molecule has 0 aliphatic heterocycles. The van der Waals surface area contributed by atoms with Crippen molar-refractivity contribution in [2.24, 2.45) is 5.92 Å². The Morgan fingerprint density at radius 1 is 0.905 bits per heavy atom. The molecule has 0 bridgehead atoms. The summed E-state index contributed by atoms with van der Waals surface area (Å²) in [6.45, 7) is 10.2. The summed E-state index contributed by atoms with van der Waals surface area (Å²) in [5, 5.41) is 11.6. The maximum absolute atomic E-state index is 13.4. The summed E-state index contributed by atoms with van der Waals surface area (Å²) in [4.78, 5) is 37.4. The third-order valence-electron chi connectivity index (χ3n) is 7.82. The lowest BCUT2D eigenvalue weighted by Gasteiger charge is -2.30. The first-order valence-electron chi connectivity index (χ1n) is 14.3. The van der Waals surface area contributed by atoms with Gasteiger partial charge < -0.3 is 24.6 Å². The van der Waals surface area contributed by atoms with Crippen LogP contribution in [0, 0.1) is 5.92 Å². The lowest BCUT2D eigenvalue weighted by Crippen LogP contribution is -2.47. The summed E-state index contributed by atoms with van der Waals surface area (Å²) >= 11 is 0. The molecule has 0 saturated carbocycles. The number of carboxylic acid groups (broad SMARTS) is 1. The Bertz CT molecular complexity index is 1370. The van der Waals surface area contributed by atoms with Crippen LogP contribution in [0.4, 0.5) is 4.79 Å². The molecule has 8 nitrogen and oxygen atoms in total. The van der Waals surface area contributed by atoms with Crippen molar-refractivity contribution in [1.82, 2.24) is 5.32 Å². The van der Waals surface area contributed by atoms with Gasteiger partial charge in [-0.15, -0.1) is 0 Å². The highest BCUT2D eigenvalue weighted by Crippen LogP contribution is 2.45. The average molecular weight is 590 g/mol. The Kier molecular flexibility index (Phi) is 9.73. The number of hydrogen-bond acceptors (Lipinski definition) is 6. The number of amides is 1. The van der Waals surface area contributed by atoms with Gasteiger partial charge in [0.2, 0.25) is 0 Å². The van der Waals surface area contributed by atoms with Gasteiger partial charge in [0, 0.05) is 16.7 Å². The van der Waals surface area contributed by atoms with Gasteiger partial charge in [-0.2, -0.15) is 0 Å². The fourth-order valence-electron chi connectivity index (χ4n) is 5.22. The Balaban J connectivity index is 1.44. The second-order valence-electron chi connectivity index (χ2n) is 11.8. The number of esters is 1. The second-order valence-corrected chi connectivity index (χ2v) is 17.2. The van der Waals surface area contributed by atoms with Gasteiger partial charge in [0.15, 0.2) is 12.7 Å². The number of alkyl carbamates (subject to hydrolysis) is 1. The molecule has 0 aromatic heterocycles. The normalized spacial score (nSPS) is 14.6. The van der Waals surface area contributed by atoms with Gasteiger partial charge in [-0.3, -0.25) is 0 Å². The standard InChI is InChI=1S/C33H39NO7Si/c1-6-21(2)30(34-33(38)41-31-26-13-9-7-11-24(26)25-12-8-10-14-27(25)31)32(37)40-19-28(42(3,4)5)22-15-17-23(18-16-22)39-20-29(35)36/h7-18,21,28,30-31H,6,19-20H2,1-5H3,(H,34,38)(H,35,36)/t21?,28?,30-/m0/s1. The fraction of sp³-hybridized carbons (Fsp3) is 0.364. The van der Waals surface area contributed by atoms with E-state index in [0.717, 1.165) is 27.8 Å². The number of carbonyl (C=O) groups is 3. The SMILES string of the molecule is CCC(C)[C@H](NC(=O)OC1c2ccccc2-c2ccccc21)C(=O)OCC(c1ccc(OCC(=O)O)cc1)[Si](C)(C)C. The number of rotatable bonds is 12. The summed E-state index contributed by atoms with van der Waals surface area (Å²) in [5.41, 5.74) is 4.84. The van der Waals surface area contributed by atoms with Crippen molar-refractivity contribution < 1.29 is 33.7 Å². The molecule has 0 saturated heterocycles. The van der Waals surface area contributed by atoms with Crippen molar-refractivity contribution in [1.29, 1.82) is 0 Å². The van der Waals surface area contributed by atoms with Crippen LogP contribution >= 0.6 is 0 Å². The molecule has 0 fully saturated rings. The van der Waals surface area contributed by atoms with E-state index < -0.39 is 44.9 Å². The lowest BCUT2D eigenvalue weighted by molar-refractivity contribution is -0.147.